The molecule has 0 aliphatic heterocycles. The molecule has 3 aromatic rings. The van der Waals surface area contributed by atoms with E-state index in [9.17, 15) is 18.8 Å². The number of methoxy groups -OCH3 is 2. The number of hydrogen-bond donors (Lipinski definition) is 4. The number of nitrogen functional groups attached to an aromatic ring is 1. The summed E-state index contributed by atoms with van der Waals surface area (Å²) in [5.74, 6) is -1.08. The molecule has 1 aromatic heterocycles. The van der Waals surface area contributed by atoms with Gasteiger partial charge >= 0.3 is 0 Å². The number of rotatable bonds is 8. The first-order chi connectivity index (χ1) is 15.8. The van der Waals surface area contributed by atoms with Gasteiger partial charge in [0.1, 0.15) is 11.5 Å². The Labute approximate surface area is 191 Å². The van der Waals surface area contributed by atoms with Crippen LogP contribution in [0.2, 0.25) is 0 Å². The number of thioether (sulfide) groups is 1. The highest BCUT2D eigenvalue weighted by Gasteiger charge is 2.16. The molecule has 0 unspecified atom stereocenters. The zero-order chi connectivity index (χ0) is 24.0. The Morgan fingerprint density at radius 2 is 1.88 bits per heavy atom. The van der Waals surface area contributed by atoms with Crippen LogP contribution in [0.15, 0.2) is 52.4 Å². The molecule has 0 spiro atoms. The van der Waals surface area contributed by atoms with Gasteiger partial charge in [0.15, 0.2) is 22.5 Å². The molecule has 0 atom stereocenters. The molecule has 2 amide bonds. The van der Waals surface area contributed by atoms with Gasteiger partial charge in [0.05, 0.1) is 20.0 Å². The summed E-state index contributed by atoms with van der Waals surface area (Å²) in [6.07, 6.45) is 0. The predicted octanol–water partition coefficient (Wildman–Crippen LogP) is 2.49. The van der Waals surface area contributed by atoms with E-state index in [0.29, 0.717) is 17.2 Å². The highest BCUT2D eigenvalue weighted by molar-refractivity contribution is 7.99. The summed E-state index contributed by atoms with van der Waals surface area (Å²) in [6.45, 7) is 0. The molecule has 0 bridgehead atoms. The number of benzene rings is 2. The van der Waals surface area contributed by atoms with E-state index in [2.05, 4.69) is 20.6 Å². The zero-order valence-electron chi connectivity index (χ0n) is 17.6. The van der Waals surface area contributed by atoms with Crippen molar-refractivity contribution in [2.75, 3.05) is 36.3 Å². The van der Waals surface area contributed by atoms with Crippen LogP contribution < -0.4 is 31.4 Å². The minimum absolute atomic E-state index is 0.0796. The summed E-state index contributed by atoms with van der Waals surface area (Å²) in [6, 6.07) is 9.94. The van der Waals surface area contributed by atoms with Crippen LogP contribution in [0.4, 0.5) is 21.6 Å². The maximum absolute atomic E-state index is 13.2. The summed E-state index contributed by atoms with van der Waals surface area (Å²) in [7, 11) is 2.90. The standard InChI is InChI=1S/C21H20FN5O5S/c1-31-14-7-6-11(8-15(14)32-2)19(29)25-17-18(23)26-21(27-20(17)30)33-10-16(28)24-13-5-3-4-12(22)9-13/h3-9H,10H2,1-2H3,(H,24,28)(H,25,29)(H3,23,26,27,30). The first kappa shape index (κ1) is 23.6. The van der Waals surface area contributed by atoms with Crippen LogP contribution in [0.3, 0.4) is 0 Å². The van der Waals surface area contributed by atoms with Crippen molar-refractivity contribution in [3.05, 3.63) is 64.2 Å². The number of nitrogens with one attached hydrogen (secondary N) is 3. The van der Waals surface area contributed by atoms with E-state index >= 15 is 0 Å². The zero-order valence-corrected chi connectivity index (χ0v) is 18.4. The molecule has 33 heavy (non-hydrogen) atoms. The third kappa shape index (κ3) is 6.01. The van der Waals surface area contributed by atoms with Crippen molar-refractivity contribution in [1.82, 2.24) is 9.97 Å². The largest absolute Gasteiger partial charge is 0.493 e. The number of ether oxygens (including phenoxy) is 2. The number of amides is 2. The molecule has 0 saturated heterocycles. The fourth-order valence-electron chi connectivity index (χ4n) is 2.72. The van der Waals surface area contributed by atoms with Crippen LogP contribution in [0.5, 0.6) is 11.5 Å². The number of halogens is 1. The molecule has 0 saturated carbocycles. The summed E-state index contributed by atoms with van der Waals surface area (Å²) in [5.41, 5.74) is 5.44. The minimum Gasteiger partial charge on any atom is -0.493 e. The second-order valence-electron chi connectivity index (χ2n) is 6.50. The number of aromatic amines is 1. The van der Waals surface area contributed by atoms with Gasteiger partial charge in [-0.25, -0.2) is 9.37 Å². The van der Waals surface area contributed by atoms with E-state index in [4.69, 9.17) is 15.2 Å². The molecule has 2 aromatic carbocycles. The Balaban J connectivity index is 1.67. The lowest BCUT2D eigenvalue weighted by atomic mass is 10.2. The van der Waals surface area contributed by atoms with Crippen LogP contribution in [0.1, 0.15) is 10.4 Å². The number of H-pyrrole nitrogens is 1. The maximum Gasteiger partial charge on any atom is 0.277 e. The summed E-state index contributed by atoms with van der Waals surface area (Å²) < 4.78 is 23.5. The Hall–Kier alpha value is -4.06. The number of hydrogen-bond acceptors (Lipinski definition) is 8. The second-order valence-corrected chi connectivity index (χ2v) is 7.47. The summed E-state index contributed by atoms with van der Waals surface area (Å²) in [5, 5.41) is 5.03. The van der Waals surface area contributed by atoms with Crippen LogP contribution >= 0.6 is 11.8 Å². The third-order valence-electron chi connectivity index (χ3n) is 4.26. The Kier molecular flexibility index (Phi) is 7.51. The van der Waals surface area contributed by atoms with Crippen LogP contribution in [0, 0.1) is 5.82 Å². The van der Waals surface area contributed by atoms with Gasteiger partial charge in [-0.1, -0.05) is 17.8 Å². The molecule has 172 valence electrons. The van der Waals surface area contributed by atoms with E-state index in [0.717, 1.165) is 11.8 Å². The fraction of sp³-hybridized carbons (Fsp3) is 0.143. The molecule has 5 N–H and O–H groups in total. The van der Waals surface area contributed by atoms with Crippen molar-refractivity contribution >= 4 is 40.8 Å². The van der Waals surface area contributed by atoms with Gasteiger partial charge < -0.3 is 25.8 Å². The lowest BCUT2D eigenvalue weighted by Gasteiger charge is -2.11. The van der Waals surface area contributed by atoms with Crippen LogP contribution in [-0.4, -0.2) is 41.8 Å². The van der Waals surface area contributed by atoms with Gasteiger partial charge in [0.25, 0.3) is 11.5 Å². The van der Waals surface area contributed by atoms with Crippen LogP contribution in [-0.2, 0) is 4.79 Å². The van der Waals surface area contributed by atoms with Crippen molar-refractivity contribution < 1.29 is 23.5 Å². The number of anilines is 3. The molecule has 12 heteroatoms. The number of nitrogens with zero attached hydrogens (tertiary/aromatic N) is 1. The lowest BCUT2D eigenvalue weighted by molar-refractivity contribution is -0.113. The molecule has 1 heterocycles. The SMILES string of the molecule is COc1ccc(C(=O)Nc2c(N)nc(SCC(=O)Nc3cccc(F)c3)[nH]c2=O)cc1OC. The maximum atomic E-state index is 13.2. The predicted molar refractivity (Wildman–Crippen MR) is 123 cm³/mol. The lowest BCUT2D eigenvalue weighted by Crippen LogP contribution is -2.23. The minimum atomic E-state index is -0.690. The van der Waals surface area contributed by atoms with Crippen LogP contribution in [0.25, 0.3) is 0 Å². The first-order valence-corrected chi connectivity index (χ1v) is 10.4. The monoisotopic (exact) mass is 473 g/mol. The third-order valence-corrected chi connectivity index (χ3v) is 5.13. The molecule has 0 aliphatic carbocycles. The van der Waals surface area contributed by atoms with Crippen molar-refractivity contribution in [3.8, 4) is 11.5 Å². The smallest absolute Gasteiger partial charge is 0.277 e. The molecular formula is C21H20FN5O5S. The van der Waals surface area contributed by atoms with Gasteiger partial charge in [-0.3, -0.25) is 19.4 Å². The number of carbonyl (C=O) groups excluding carboxylic acids is 2. The second kappa shape index (κ2) is 10.5. The van der Waals surface area contributed by atoms with Gasteiger partial charge in [0, 0.05) is 11.3 Å². The summed E-state index contributed by atoms with van der Waals surface area (Å²) >= 11 is 0.918. The van der Waals surface area contributed by atoms with Crippen molar-refractivity contribution in [2.24, 2.45) is 0 Å². The highest BCUT2D eigenvalue weighted by atomic mass is 32.2. The van der Waals surface area contributed by atoms with E-state index in [1.54, 1.807) is 12.1 Å². The molecule has 10 nitrogen and oxygen atoms in total. The van der Waals surface area contributed by atoms with E-state index < -0.39 is 23.2 Å². The normalized spacial score (nSPS) is 10.4. The Morgan fingerprint density at radius 1 is 1.12 bits per heavy atom. The average molecular weight is 473 g/mol. The molecular weight excluding hydrogens is 453 g/mol. The Bertz CT molecular complexity index is 1250. The average Bonchev–Trinajstić information content (AvgIpc) is 2.79. The van der Waals surface area contributed by atoms with Gasteiger partial charge in [-0.2, -0.15) is 0 Å². The van der Waals surface area contributed by atoms with Crippen molar-refractivity contribution in [2.45, 2.75) is 5.16 Å². The topological polar surface area (TPSA) is 148 Å². The highest BCUT2D eigenvalue weighted by Crippen LogP contribution is 2.28. The van der Waals surface area contributed by atoms with Gasteiger partial charge in [0.2, 0.25) is 5.91 Å². The molecule has 0 aliphatic rings. The van der Waals surface area contributed by atoms with Gasteiger partial charge in [-0.15, -0.1) is 0 Å². The molecule has 3 rings (SSSR count). The number of carbonyl (C=O) groups is 2. The molecule has 0 radical (unpaired) electrons. The summed E-state index contributed by atoms with van der Waals surface area (Å²) in [4.78, 5) is 43.5. The fourth-order valence-corrected chi connectivity index (χ4v) is 3.39. The quantitative estimate of drug-likeness (QED) is 0.288. The molecule has 0 fully saturated rings. The van der Waals surface area contributed by atoms with Gasteiger partial charge in [-0.05, 0) is 36.4 Å². The van der Waals surface area contributed by atoms with Crippen molar-refractivity contribution in [3.63, 3.8) is 0 Å². The van der Waals surface area contributed by atoms with Crippen molar-refractivity contribution in [1.29, 1.82) is 0 Å². The van der Waals surface area contributed by atoms with E-state index in [-0.39, 0.29) is 28.0 Å². The number of aromatic nitrogens is 2. The number of nitrogens with two attached hydrogens (primary N) is 1. The Morgan fingerprint density at radius 3 is 2.55 bits per heavy atom. The van der Waals surface area contributed by atoms with E-state index in [1.165, 1.54) is 44.6 Å². The van der Waals surface area contributed by atoms with E-state index in [1.807, 2.05) is 0 Å². The first-order valence-electron chi connectivity index (χ1n) is 9.42.